The van der Waals surface area contributed by atoms with E-state index in [-0.39, 0.29) is 18.8 Å². The van der Waals surface area contributed by atoms with Gasteiger partial charge in [-0.1, -0.05) is 0 Å². The molecule has 1 aliphatic rings. The lowest BCUT2D eigenvalue weighted by molar-refractivity contribution is -0.174. The fourth-order valence-electron chi connectivity index (χ4n) is 2.03. The van der Waals surface area contributed by atoms with Crippen molar-refractivity contribution in [2.45, 2.75) is 31.7 Å². The van der Waals surface area contributed by atoms with Crippen LogP contribution in [-0.2, 0) is 9.47 Å². The predicted octanol–water partition coefficient (Wildman–Crippen LogP) is 1.00. The van der Waals surface area contributed by atoms with Gasteiger partial charge in [-0.25, -0.2) is 0 Å². The highest BCUT2D eigenvalue weighted by molar-refractivity contribution is 4.76. The summed E-state index contributed by atoms with van der Waals surface area (Å²) in [6, 6.07) is 0. The third-order valence-electron chi connectivity index (χ3n) is 2.69. The molecule has 2 unspecified atom stereocenters. The number of halogens is 3. The highest BCUT2D eigenvalue weighted by atomic mass is 19.4. The lowest BCUT2D eigenvalue weighted by Crippen LogP contribution is -2.49. The molecule has 1 heterocycles. The first-order valence-electron chi connectivity index (χ1n) is 6.13. The van der Waals surface area contributed by atoms with Crippen molar-refractivity contribution in [2.75, 3.05) is 39.4 Å². The number of rotatable bonds is 6. The maximum absolute atomic E-state index is 11.8. The first-order valence-corrected chi connectivity index (χ1v) is 6.13. The van der Waals surface area contributed by atoms with Crippen molar-refractivity contribution in [1.29, 1.82) is 0 Å². The van der Waals surface area contributed by atoms with Gasteiger partial charge in [0.05, 0.1) is 12.2 Å². The Hall–Kier alpha value is -0.370. The number of hydrogen-bond donors (Lipinski definition) is 1. The molecule has 1 fully saturated rings. The highest BCUT2D eigenvalue weighted by Crippen LogP contribution is 2.15. The summed E-state index contributed by atoms with van der Waals surface area (Å²) in [5, 5.41) is 0. The molecule has 0 radical (unpaired) electrons. The van der Waals surface area contributed by atoms with Crippen molar-refractivity contribution in [3.05, 3.63) is 0 Å². The number of hydrogen-bond acceptors (Lipinski definition) is 4. The zero-order valence-corrected chi connectivity index (χ0v) is 10.6. The smallest absolute Gasteiger partial charge is 0.372 e. The molecule has 0 aromatic rings. The lowest BCUT2D eigenvalue weighted by atomic mass is 10.2. The fourth-order valence-corrected chi connectivity index (χ4v) is 2.03. The van der Waals surface area contributed by atoms with Gasteiger partial charge in [0.25, 0.3) is 0 Å². The molecule has 0 bridgehead atoms. The van der Waals surface area contributed by atoms with Crippen molar-refractivity contribution < 1.29 is 22.6 Å². The van der Waals surface area contributed by atoms with Gasteiger partial charge in [-0.15, -0.1) is 0 Å². The summed E-state index contributed by atoms with van der Waals surface area (Å²) in [5.74, 6) is 0. The van der Waals surface area contributed by atoms with Crippen LogP contribution in [0.3, 0.4) is 0 Å². The van der Waals surface area contributed by atoms with E-state index >= 15 is 0 Å². The molecule has 1 saturated heterocycles. The summed E-state index contributed by atoms with van der Waals surface area (Å²) in [6.07, 6.45) is -3.52. The quantitative estimate of drug-likeness (QED) is 0.732. The number of nitrogens with two attached hydrogens (primary N) is 1. The number of nitrogens with zero attached hydrogens (tertiary/aromatic N) is 1. The molecule has 0 aliphatic carbocycles. The number of alkyl halides is 3. The zero-order chi connectivity index (χ0) is 13.6. The van der Waals surface area contributed by atoms with Gasteiger partial charge in [-0.05, 0) is 13.3 Å². The zero-order valence-electron chi connectivity index (χ0n) is 10.6. The maximum atomic E-state index is 11.8. The van der Waals surface area contributed by atoms with Gasteiger partial charge in [0, 0.05) is 32.8 Å². The second-order valence-corrected chi connectivity index (χ2v) is 4.59. The molecule has 108 valence electrons. The second kappa shape index (κ2) is 7.28. The van der Waals surface area contributed by atoms with Crippen molar-refractivity contribution in [3.63, 3.8) is 0 Å². The summed E-state index contributed by atoms with van der Waals surface area (Å²) in [5.41, 5.74) is 5.55. The lowest BCUT2D eigenvalue weighted by Gasteiger charge is -2.36. The topological polar surface area (TPSA) is 47.7 Å². The molecule has 2 N–H and O–H groups in total. The van der Waals surface area contributed by atoms with Crippen LogP contribution in [0.1, 0.15) is 13.3 Å². The van der Waals surface area contributed by atoms with Gasteiger partial charge in [-0.3, -0.25) is 4.90 Å². The van der Waals surface area contributed by atoms with Crippen LogP contribution in [0.2, 0.25) is 0 Å². The molecule has 2 atom stereocenters. The van der Waals surface area contributed by atoms with E-state index in [2.05, 4.69) is 9.64 Å². The van der Waals surface area contributed by atoms with E-state index in [0.29, 0.717) is 19.5 Å². The molecule has 7 heteroatoms. The molecule has 4 nitrogen and oxygen atoms in total. The largest absolute Gasteiger partial charge is 0.411 e. The number of ether oxygens (including phenoxy) is 2. The molecule has 0 amide bonds. The molecule has 0 spiro atoms. The van der Waals surface area contributed by atoms with E-state index in [1.807, 2.05) is 6.92 Å². The maximum Gasteiger partial charge on any atom is 0.411 e. The average Bonchev–Trinajstić information content (AvgIpc) is 2.26. The van der Waals surface area contributed by atoms with Crippen LogP contribution in [0.5, 0.6) is 0 Å². The molecular weight excluding hydrogens is 249 g/mol. The molecule has 1 aliphatic heterocycles. The molecular formula is C11H21F3N2O2. The Morgan fingerprint density at radius 2 is 2.11 bits per heavy atom. The summed E-state index contributed by atoms with van der Waals surface area (Å²) < 4.78 is 45.6. The predicted molar refractivity (Wildman–Crippen MR) is 61.3 cm³/mol. The summed E-state index contributed by atoms with van der Waals surface area (Å²) in [6.45, 7) is 3.62. The van der Waals surface area contributed by atoms with Gasteiger partial charge < -0.3 is 15.2 Å². The van der Waals surface area contributed by atoms with Crippen LogP contribution in [0.15, 0.2) is 0 Å². The minimum Gasteiger partial charge on any atom is -0.372 e. The molecule has 1 rings (SSSR count). The van der Waals surface area contributed by atoms with Crippen LogP contribution < -0.4 is 5.73 Å². The van der Waals surface area contributed by atoms with E-state index in [1.165, 1.54) is 0 Å². The third kappa shape index (κ3) is 6.53. The van der Waals surface area contributed by atoms with Gasteiger partial charge in [-0.2, -0.15) is 13.2 Å². The van der Waals surface area contributed by atoms with Crippen LogP contribution in [0.25, 0.3) is 0 Å². The molecule has 18 heavy (non-hydrogen) atoms. The van der Waals surface area contributed by atoms with Crippen molar-refractivity contribution in [3.8, 4) is 0 Å². The first-order chi connectivity index (χ1) is 8.40. The normalized spacial score (nSPS) is 26.5. The monoisotopic (exact) mass is 270 g/mol. The van der Waals surface area contributed by atoms with E-state index in [1.54, 1.807) is 0 Å². The van der Waals surface area contributed by atoms with Crippen molar-refractivity contribution in [1.82, 2.24) is 4.90 Å². The Morgan fingerprint density at radius 3 is 2.72 bits per heavy atom. The first kappa shape index (κ1) is 15.7. The number of morpholine rings is 1. The van der Waals surface area contributed by atoms with E-state index in [0.717, 1.165) is 13.1 Å². The van der Waals surface area contributed by atoms with Crippen molar-refractivity contribution in [2.24, 2.45) is 5.73 Å². The van der Waals surface area contributed by atoms with Gasteiger partial charge in [0.1, 0.15) is 6.61 Å². The summed E-state index contributed by atoms with van der Waals surface area (Å²) >= 11 is 0. The Labute approximate surface area is 105 Å². The van der Waals surface area contributed by atoms with Crippen LogP contribution >= 0.6 is 0 Å². The fraction of sp³-hybridized carbons (Fsp3) is 1.00. The van der Waals surface area contributed by atoms with Crippen LogP contribution in [0.4, 0.5) is 13.2 Å². The van der Waals surface area contributed by atoms with Gasteiger partial charge in [0.2, 0.25) is 0 Å². The van der Waals surface area contributed by atoms with E-state index in [4.69, 9.17) is 10.5 Å². The molecule has 0 aromatic heterocycles. The average molecular weight is 270 g/mol. The van der Waals surface area contributed by atoms with E-state index in [9.17, 15) is 13.2 Å². The standard InChI is InChI=1S/C11H21F3N2O2/c1-9-6-16(7-10(5-15)18-9)3-2-4-17-8-11(12,13)14/h9-10H,2-8,15H2,1H3. The molecule has 0 saturated carbocycles. The summed E-state index contributed by atoms with van der Waals surface area (Å²) in [7, 11) is 0. The summed E-state index contributed by atoms with van der Waals surface area (Å²) in [4.78, 5) is 2.16. The Kier molecular flexibility index (Phi) is 6.34. The van der Waals surface area contributed by atoms with E-state index < -0.39 is 12.8 Å². The Balaban J connectivity index is 2.11. The van der Waals surface area contributed by atoms with Gasteiger partial charge >= 0.3 is 6.18 Å². The minimum absolute atomic E-state index is 0.0184. The second-order valence-electron chi connectivity index (χ2n) is 4.59. The van der Waals surface area contributed by atoms with Crippen LogP contribution in [-0.4, -0.2) is 62.7 Å². The Morgan fingerprint density at radius 1 is 1.39 bits per heavy atom. The third-order valence-corrected chi connectivity index (χ3v) is 2.69. The Bertz CT molecular complexity index is 239. The van der Waals surface area contributed by atoms with Crippen molar-refractivity contribution >= 4 is 0 Å². The minimum atomic E-state index is -4.24. The van der Waals surface area contributed by atoms with Gasteiger partial charge in [0.15, 0.2) is 0 Å². The van der Waals surface area contributed by atoms with Crippen LogP contribution in [0, 0.1) is 0 Å². The molecule has 0 aromatic carbocycles. The SMILES string of the molecule is CC1CN(CCCOCC(F)(F)F)CC(CN)O1. The highest BCUT2D eigenvalue weighted by Gasteiger charge is 2.27.